The van der Waals surface area contributed by atoms with Crippen LogP contribution in [0.25, 0.3) is 0 Å². The summed E-state index contributed by atoms with van der Waals surface area (Å²) >= 11 is 2.32. The molecule has 16 heavy (non-hydrogen) atoms. The standard InChI is InChI=1S/C12H14IN3/c1-9-7-10(13)3-4-11(9)15-8-12-14-5-6-16(12)2/h3-7,15H,8H2,1-2H3. The van der Waals surface area contributed by atoms with Crippen molar-refractivity contribution in [3.8, 4) is 0 Å². The molecule has 1 aromatic heterocycles. The number of halogens is 1. The summed E-state index contributed by atoms with van der Waals surface area (Å²) in [4.78, 5) is 4.28. The molecule has 1 N–H and O–H groups in total. The zero-order valence-corrected chi connectivity index (χ0v) is 11.5. The minimum Gasteiger partial charge on any atom is -0.378 e. The van der Waals surface area contributed by atoms with Gasteiger partial charge in [0, 0.05) is 28.7 Å². The maximum Gasteiger partial charge on any atom is 0.127 e. The molecule has 2 rings (SSSR count). The number of aromatic nitrogens is 2. The van der Waals surface area contributed by atoms with E-state index in [0.29, 0.717) is 0 Å². The van der Waals surface area contributed by atoms with Gasteiger partial charge in [0.25, 0.3) is 0 Å². The summed E-state index contributed by atoms with van der Waals surface area (Å²) in [5.41, 5.74) is 2.43. The third-order valence-corrected chi connectivity index (χ3v) is 3.22. The number of aryl methyl sites for hydroxylation is 2. The largest absolute Gasteiger partial charge is 0.378 e. The molecular weight excluding hydrogens is 313 g/mol. The Morgan fingerprint density at radius 2 is 2.25 bits per heavy atom. The van der Waals surface area contributed by atoms with Gasteiger partial charge in [-0.1, -0.05) is 0 Å². The third kappa shape index (κ3) is 2.55. The van der Waals surface area contributed by atoms with Crippen LogP contribution in [-0.4, -0.2) is 9.55 Å². The highest BCUT2D eigenvalue weighted by Crippen LogP contribution is 2.18. The second-order valence-corrected chi connectivity index (χ2v) is 5.01. The molecule has 0 saturated heterocycles. The van der Waals surface area contributed by atoms with Crippen LogP contribution in [0.1, 0.15) is 11.4 Å². The first-order chi connectivity index (χ1) is 7.66. The summed E-state index contributed by atoms with van der Waals surface area (Å²) in [5, 5.41) is 3.40. The first-order valence-electron chi connectivity index (χ1n) is 5.13. The molecule has 0 unspecified atom stereocenters. The predicted octanol–water partition coefficient (Wildman–Crippen LogP) is 2.95. The summed E-state index contributed by atoms with van der Waals surface area (Å²) in [6.45, 7) is 2.87. The number of hydrogen-bond acceptors (Lipinski definition) is 2. The molecule has 0 saturated carbocycles. The Balaban J connectivity index is 2.08. The molecule has 0 spiro atoms. The van der Waals surface area contributed by atoms with Crippen LogP contribution < -0.4 is 5.32 Å². The van der Waals surface area contributed by atoms with Gasteiger partial charge in [0.1, 0.15) is 5.82 Å². The highest BCUT2D eigenvalue weighted by Gasteiger charge is 2.01. The van der Waals surface area contributed by atoms with Crippen molar-refractivity contribution in [1.29, 1.82) is 0 Å². The van der Waals surface area contributed by atoms with Crippen LogP contribution in [0.15, 0.2) is 30.6 Å². The molecular formula is C12H14IN3. The van der Waals surface area contributed by atoms with Gasteiger partial charge in [0.05, 0.1) is 6.54 Å². The lowest BCUT2D eigenvalue weighted by atomic mass is 10.2. The van der Waals surface area contributed by atoms with E-state index in [9.17, 15) is 0 Å². The van der Waals surface area contributed by atoms with E-state index >= 15 is 0 Å². The number of anilines is 1. The van der Waals surface area contributed by atoms with E-state index in [2.05, 4.69) is 58.0 Å². The summed E-state index contributed by atoms with van der Waals surface area (Å²) in [6.07, 6.45) is 3.77. The summed E-state index contributed by atoms with van der Waals surface area (Å²) in [6, 6.07) is 6.38. The molecule has 0 amide bonds. The molecule has 84 valence electrons. The van der Waals surface area contributed by atoms with Crippen molar-refractivity contribution in [2.75, 3.05) is 5.32 Å². The molecule has 0 atom stereocenters. The highest BCUT2D eigenvalue weighted by molar-refractivity contribution is 14.1. The minimum atomic E-state index is 0.755. The Morgan fingerprint density at radius 1 is 1.44 bits per heavy atom. The van der Waals surface area contributed by atoms with Crippen LogP contribution in [0.4, 0.5) is 5.69 Å². The highest BCUT2D eigenvalue weighted by atomic mass is 127. The van der Waals surface area contributed by atoms with E-state index in [1.165, 1.54) is 14.8 Å². The van der Waals surface area contributed by atoms with E-state index in [-0.39, 0.29) is 0 Å². The van der Waals surface area contributed by atoms with E-state index in [0.717, 1.165) is 12.4 Å². The zero-order chi connectivity index (χ0) is 11.5. The van der Waals surface area contributed by atoms with Crippen molar-refractivity contribution < 1.29 is 0 Å². The topological polar surface area (TPSA) is 29.9 Å². The fraction of sp³-hybridized carbons (Fsp3) is 0.250. The van der Waals surface area contributed by atoms with Crippen LogP contribution in [0.3, 0.4) is 0 Å². The van der Waals surface area contributed by atoms with E-state index in [4.69, 9.17) is 0 Å². The lowest BCUT2D eigenvalue weighted by Gasteiger charge is -2.09. The quantitative estimate of drug-likeness (QED) is 0.879. The fourth-order valence-electron chi connectivity index (χ4n) is 1.57. The van der Waals surface area contributed by atoms with Crippen LogP contribution in [0.2, 0.25) is 0 Å². The van der Waals surface area contributed by atoms with Crippen molar-refractivity contribution in [3.63, 3.8) is 0 Å². The lowest BCUT2D eigenvalue weighted by Crippen LogP contribution is -2.06. The van der Waals surface area contributed by atoms with E-state index in [1.807, 2.05) is 24.0 Å². The van der Waals surface area contributed by atoms with Crippen molar-refractivity contribution in [1.82, 2.24) is 9.55 Å². The predicted molar refractivity (Wildman–Crippen MR) is 74.4 cm³/mol. The molecule has 0 aliphatic heterocycles. The van der Waals surface area contributed by atoms with Crippen LogP contribution in [0, 0.1) is 10.5 Å². The third-order valence-electron chi connectivity index (χ3n) is 2.55. The Labute approximate surface area is 109 Å². The zero-order valence-electron chi connectivity index (χ0n) is 9.37. The Bertz CT molecular complexity index is 491. The Kier molecular flexibility index (Phi) is 3.48. The second kappa shape index (κ2) is 4.86. The summed E-state index contributed by atoms with van der Waals surface area (Å²) < 4.78 is 3.28. The Morgan fingerprint density at radius 3 is 2.88 bits per heavy atom. The van der Waals surface area contributed by atoms with Crippen LogP contribution >= 0.6 is 22.6 Å². The molecule has 0 aliphatic rings. The normalized spacial score (nSPS) is 10.4. The summed E-state index contributed by atoms with van der Waals surface area (Å²) in [5.74, 6) is 1.04. The molecule has 0 radical (unpaired) electrons. The van der Waals surface area contributed by atoms with Gasteiger partial charge in [-0.25, -0.2) is 4.98 Å². The van der Waals surface area contributed by atoms with Crippen molar-refractivity contribution in [2.45, 2.75) is 13.5 Å². The number of imidazole rings is 1. The smallest absolute Gasteiger partial charge is 0.127 e. The second-order valence-electron chi connectivity index (χ2n) is 3.77. The fourth-order valence-corrected chi connectivity index (χ4v) is 2.21. The first-order valence-corrected chi connectivity index (χ1v) is 6.21. The van der Waals surface area contributed by atoms with Gasteiger partial charge in [0.2, 0.25) is 0 Å². The molecule has 0 fully saturated rings. The van der Waals surface area contributed by atoms with Gasteiger partial charge in [-0.15, -0.1) is 0 Å². The molecule has 0 aliphatic carbocycles. The van der Waals surface area contributed by atoms with Crippen molar-refractivity contribution in [2.24, 2.45) is 7.05 Å². The number of nitrogens with one attached hydrogen (secondary N) is 1. The number of rotatable bonds is 3. The van der Waals surface area contributed by atoms with Gasteiger partial charge >= 0.3 is 0 Å². The maximum atomic E-state index is 4.28. The SMILES string of the molecule is Cc1cc(I)ccc1NCc1nccn1C. The van der Waals surface area contributed by atoms with Gasteiger partial charge in [-0.3, -0.25) is 0 Å². The van der Waals surface area contributed by atoms with Crippen LogP contribution in [0.5, 0.6) is 0 Å². The molecule has 1 heterocycles. The summed E-state index contributed by atoms with van der Waals surface area (Å²) in [7, 11) is 2.00. The average Bonchev–Trinajstić information content (AvgIpc) is 2.63. The van der Waals surface area contributed by atoms with Crippen molar-refractivity contribution >= 4 is 28.3 Å². The van der Waals surface area contributed by atoms with Crippen molar-refractivity contribution in [3.05, 3.63) is 45.6 Å². The van der Waals surface area contributed by atoms with Crippen LogP contribution in [-0.2, 0) is 13.6 Å². The monoisotopic (exact) mass is 327 g/mol. The first kappa shape index (κ1) is 11.4. The number of benzene rings is 1. The molecule has 3 nitrogen and oxygen atoms in total. The number of hydrogen-bond donors (Lipinski definition) is 1. The Hall–Kier alpha value is -1.04. The lowest BCUT2D eigenvalue weighted by molar-refractivity contribution is 0.812. The molecule has 1 aromatic carbocycles. The number of nitrogens with zero attached hydrogens (tertiary/aromatic N) is 2. The minimum absolute atomic E-state index is 0.755. The van der Waals surface area contributed by atoms with Gasteiger partial charge in [0.15, 0.2) is 0 Å². The van der Waals surface area contributed by atoms with Gasteiger partial charge in [-0.2, -0.15) is 0 Å². The van der Waals surface area contributed by atoms with Gasteiger partial charge in [-0.05, 0) is 53.3 Å². The molecule has 2 aromatic rings. The molecule has 4 heteroatoms. The van der Waals surface area contributed by atoms with E-state index in [1.54, 1.807) is 0 Å². The van der Waals surface area contributed by atoms with Gasteiger partial charge < -0.3 is 9.88 Å². The maximum absolute atomic E-state index is 4.28. The average molecular weight is 327 g/mol. The van der Waals surface area contributed by atoms with E-state index < -0.39 is 0 Å². The molecule has 0 bridgehead atoms.